The molecule has 2 nitrogen and oxygen atoms in total. The van der Waals surface area contributed by atoms with E-state index in [1.54, 1.807) is 5.38 Å². The molecule has 0 fully saturated rings. The molecule has 0 unspecified atom stereocenters. The van der Waals surface area contributed by atoms with Crippen molar-refractivity contribution in [3.8, 4) is 0 Å². The maximum Gasteiger partial charge on any atom is 3.00 e. The van der Waals surface area contributed by atoms with Gasteiger partial charge in [0.2, 0.25) is 5.78 Å². The number of ketones is 2. The van der Waals surface area contributed by atoms with Crippen molar-refractivity contribution in [1.29, 1.82) is 0 Å². The van der Waals surface area contributed by atoms with Gasteiger partial charge in [-0.1, -0.05) is 6.07 Å². The number of carbonyl (C=O) groups is 2. The van der Waals surface area contributed by atoms with Crippen LogP contribution in [0.1, 0.15) is 16.1 Å². The van der Waals surface area contributed by atoms with E-state index in [2.05, 4.69) is 0 Å². The van der Waals surface area contributed by atoms with Crippen LogP contribution < -0.4 is 0 Å². The summed E-state index contributed by atoms with van der Waals surface area (Å²) >= 11 is 1.01. The first-order chi connectivity index (χ1) is 6.41. The molecule has 1 rings (SSSR count). The second-order valence-corrected chi connectivity index (χ2v) is 3.45. The first-order valence-corrected chi connectivity index (χ1v) is 4.46. The van der Waals surface area contributed by atoms with Gasteiger partial charge in [-0.25, -0.2) is 0 Å². The van der Waals surface area contributed by atoms with Crippen LogP contribution in [-0.4, -0.2) is 17.7 Å². The Morgan fingerprint density at radius 2 is 1.93 bits per heavy atom. The Hall–Kier alpha value is -0.547. The minimum absolute atomic E-state index is 0. The number of thiophene rings is 1. The van der Waals surface area contributed by atoms with Crippen LogP contribution in [0.3, 0.4) is 0 Å². The Morgan fingerprint density at radius 1 is 1.33 bits per heavy atom. The second-order valence-electron chi connectivity index (χ2n) is 2.50. The molecule has 1 aromatic heterocycles. The van der Waals surface area contributed by atoms with Crippen LogP contribution in [0.4, 0.5) is 13.2 Å². The number of alkyl halides is 3. The van der Waals surface area contributed by atoms with Gasteiger partial charge in [-0.05, 0) is 11.4 Å². The van der Waals surface area contributed by atoms with E-state index in [1.165, 1.54) is 12.1 Å². The molecule has 0 saturated carbocycles. The van der Waals surface area contributed by atoms with E-state index < -0.39 is 24.2 Å². The zero-order valence-electron chi connectivity index (χ0n) is 7.15. The van der Waals surface area contributed by atoms with E-state index in [4.69, 9.17) is 0 Å². The van der Waals surface area contributed by atoms with Crippen LogP contribution in [0.15, 0.2) is 17.5 Å². The molecule has 0 aliphatic carbocycles. The monoisotopic (exact) mass is 324 g/mol. The SMILES string of the molecule is O=C(CC(=O)C(F)(F)F)c1cccs1.[Ru+3]. The average molecular weight is 323 g/mol. The quantitative estimate of drug-likeness (QED) is 0.486. The summed E-state index contributed by atoms with van der Waals surface area (Å²) in [6.07, 6.45) is -6.03. The molecule has 7 heteroatoms. The normalized spacial score (nSPS) is 10.6. The van der Waals surface area contributed by atoms with Crippen molar-refractivity contribution < 1.29 is 42.2 Å². The molecule has 1 aromatic rings. The van der Waals surface area contributed by atoms with Gasteiger partial charge >= 0.3 is 25.7 Å². The molecule has 0 saturated heterocycles. The third kappa shape index (κ3) is 4.22. The van der Waals surface area contributed by atoms with Gasteiger partial charge in [0, 0.05) is 0 Å². The number of hydrogen-bond acceptors (Lipinski definition) is 3. The Morgan fingerprint density at radius 3 is 2.33 bits per heavy atom. The standard InChI is InChI=1S/C8H5F3O2S.Ru/c9-8(10,11)7(13)4-5(12)6-2-1-3-14-6;/h1-3H,4H2;/q;+3. The minimum Gasteiger partial charge on any atom is -0.293 e. The molecule has 0 amide bonds. The van der Waals surface area contributed by atoms with Crippen LogP contribution in [0.25, 0.3) is 0 Å². The number of carbonyl (C=O) groups excluding carboxylic acids is 2. The van der Waals surface area contributed by atoms with E-state index in [9.17, 15) is 22.8 Å². The van der Waals surface area contributed by atoms with Crippen molar-refractivity contribution in [1.82, 2.24) is 0 Å². The van der Waals surface area contributed by atoms with Gasteiger partial charge < -0.3 is 0 Å². The van der Waals surface area contributed by atoms with Gasteiger partial charge in [-0.3, -0.25) is 9.59 Å². The molecule has 0 aromatic carbocycles. The van der Waals surface area contributed by atoms with Gasteiger partial charge in [0.15, 0.2) is 5.78 Å². The van der Waals surface area contributed by atoms with Crippen LogP contribution in [0.5, 0.6) is 0 Å². The zero-order valence-corrected chi connectivity index (χ0v) is 9.71. The third-order valence-electron chi connectivity index (χ3n) is 1.43. The van der Waals surface area contributed by atoms with Crippen molar-refractivity contribution in [3.05, 3.63) is 22.4 Å². The summed E-state index contributed by atoms with van der Waals surface area (Å²) in [5.74, 6) is -2.79. The number of hydrogen-bond donors (Lipinski definition) is 0. The Kier molecular flexibility index (Phi) is 5.31. The van der Waals surface area contributed by atoms with Gasteiger partial charge in [-0.2, -0.15) is 13.2 Å². The van der Waals surface area contributed by atoms with E-state index in [-0.39, 0.29) is 24.4 Å². The van der Waals surface area contributed by atoms with Gasteiger partial charge in [0.25, 0.3) is 0 Å². The van der Waals surface area contributed by atoms with Gasteiger partial charge in [-0.15, -0.1) is 11.3 Å². The smallest absolute Gasteiger partial charge is 0.293 e. The molecule has 0 aliphatic rings. The summed E-state index contributed by atoms with van der Waals surface area (Å²) < 4.78 is 35.3. The first-order valence-electron chi connectivity index (χ1n) is 3.58. The fourth-order valence-electron chi connectivity index (χ4n) is 0.770. The molecule has 1 heterocycles. The van der Waals surface area contributed by atoms with Crippen molar-refractivity contribution in [3.63, 3.8) is 0 Å². The number of rotatable bonds is 3. The van der Waals surface area contributed by atoms with E-state index in [1.807, 2.05) is 0 Å². The summed E-state index contributed by atoms with van der Waals surface area (Å²) in [7, 11) is 0. The molecular weight excluding hydrogens is 318 g/mol. The van der Waals surface area contributed by atoms with Crippen molar-refractivity contribution in [2.45, 2.75) is 12.6 Å². The summed E-state index contributed by atoms with van der Waals surface area (Å²) in [5.41, 5.74) is 0. The molecule has 15 heavy (non-hydrogen) atoms. The molecule has 0 bridgehead atoms. The van der Waals surface area contributed by atoms with E-state index in [0.29, 0.717) is 0 Å². The summed E-state index contributed by atoms with van der Waals surface area (Å²) in [4.78, 5) is 21.7. The maximum absolute atomic E-state index is 11.8. The Balaban J connectivity index is 0.00000196. The van der Waals surface area contributed by atoms with Crippen LogP contribution >= 0.6 is 11.3 Å². The largest absolute Gasteiger partial charge is 3.00 e. The molecule has 1 radical (unpaired) electrons. The fraction of sp³-hybridized carbons (Fsp3) is 0.250. The van der Waals surface area contributed by atoms with Crippen molar-refractivity contribution in [2.75, 3.05) is 0 Å². The summed E-state index contributed by atoms with van der Waals surface area (Å²) in [6, 6.07) is 2.92. The summed E-state index contributed by atoms with van der Waals surface area (Å²) in [6.45, 7) is 0. The van der Waals surface area contributed by atoms with Crippen LogP contribution in [-0.2, 0) is 24.3 Å². The second kappa shape index (κ2) is 5.51. The maximum atomic E-state index is 11.8. The number of halogens is 3. The third-order valence-corrected chi connectivity index (χ3v) is 2.34. The zero-order chi connectivity index (χ0) is 10.8. The molecular formula is C8H5F3O2RuS+3. The number of Topliss-reactive ketones (excluding diaryl/α,β-unsaturated/α-hetero) is 2. The molecule has 81 valence electrons. The first kappa shape index (κ1) is 14.5. The average Bonchev–Trinajstić information content (AvgIpc) is 2.53. The topological polar surface area (TPSA) is 34.1 Å². The minimum atomic E-state index is -4.92. The van der Waals surface area contributed by atoms with E-state index in [0.717, 1.165) is 11.3 Å². The van der Waals surface area contributed by atoms with Crippen molar-refractivity contribution >= 4 is 22.9 Å². The molecule has 0 atom stereocenters. The van der Waals surface area contributed by atoms with E-state index >= 15 is 0 Å². The molecule has 0 spiro atoms. The Labute approximate surface area is 100 Å². The van der Waals surface area contributed by atoms with Crippen LogP contribution in [0.2, 0.25) is 0 Å². The summed E-state index contributed by atoms with van der Waals surface area (Å²) in [5, 5.41) is 1.56. The van der Waals surface area contributed by atoms with Gasteiger partial charge in [0.05, 0.1) is 11.3 Å². The Bertz CT molecular complexity index is 345. The molecule has 0 aliphatic heterocycles. The fourth-order valence-corrected chi connectivity index (χ4v) is 1.43. The predicted molar refractivity (Wildman–Crippen MR) is 44.3 cm³/mol. The van der Waals surface area contributed by atoms with Crippen LogP contribution in [0, 0.1) is 0 Å². The predicted octanol–water partition coefficient (Wildman–Crippen LogP) is 2.45. The molecule has 0 N–H and O–H groups in total. The van der Waals surface area contributed by atoms with Crippen molar-refractivity contribution in [2.24, 2.45) is 0 Å². The van der Waals surface area contributed by atoms with Gasteiger partial charge in [0.1, 0.15) is 0 Å².